The molecule has 106 valence electrons. The quantitative estimate of drug-likeness (QED) is 0.811. The van der Waals surface area contributed by atoms with Crippen LogP contribution in [-0.4, -0.2) is 27.2 Å². The standard InChI is InChI=1S/C13H19NO4S/c1-10-7-11(2)9-12(8-10)14-19(16,17)6-4-5-13(15)18-3/h7-9,14H,4-6H2,1-3H3. The summed E-state index contributed by atoms with van der Waals surface area (Å²) in [4.78, 5) is 10.9. The summed E-state index contributed by atoms with van der Waals surface area (Å²) in [5.41, 5.74) is 2.54. The molecule has 0 radical (unpaired) electrons. The van der Waals surface area contributed by atoms with E-state index in [1.54, 1.807) is 12.1 Å². The molecule has 19 heavy (non-hydrogen) atoms. The third-order valence-corrected chi connectivity index (χ3v) is 3.89. The van der Waals surface area contributed by atoms with Gasteiger partial charge in [-0.2, -0.15) is 0 Å². The molecule has 0 aromatic heterocycles. The van der Waals surface area contributed by atoms with Crippen LogP contribution in [0.15, 0.2) is 18.2 Å². The van der Waals surface area contributed by atoms with E-state index in [1.165, 1.54) is 7.11 Å². The van der Waals surface area contributed by atoms with Crippen molar-refractivity contribution in [1.29, 1.82) is 0 Å². The van der Waals surface area contributed by atoms with Crippen LogP contribution in [-0.2, 0) is 19.6 Å². The minimum Gasteiger partial charge on any atom is -0.469 e. The number of carbonyl (C=O) groups excluding carboxylic acids is 1. The number of nitrogens with one attached hydrogen (secondary N) is 1. The highest BCUT2D eigenvalue weighted by Crippen LogP contribution is 2.15. The highest BCUT2D eigenvalue weighted by atomic mass is 32.2. The van der Waals surface area contributed by atoms with E-state index >= 15 is 0 Å². The molecule has 6 heteroatoms. The third-order valence-electron chi connectivity index (χ3n) is 2.52. The average Bonchev–Trinajstić information content (AvgIpc) is 2.26. The van der Waals surface area contributed by atoms with Crippen molar-refractivity contribution in [3.05, 3.63) is 29.3 Å². The van der Waals surface area contributed by atoms with Gasteiger partial charge in [0, 0.05) is 12.1 Å². The second-order valence-corrected chi connectivity index (χ2v) is 6.32. The number of hydrogen-bond donors (Lipinski definition) is 1. The van der Waals surface area contributed by atoms with Gasteiger partial charge in [-0.25, -0.2) is 8.42 Å². The Hall–Kier alpha value is -1.56. The number of aryl methyl sites for hydroxylation is 2. The molecule has 0 spiro atoms. The van der Waals surface area contributed by atoms with Crippen LogP contribution in [0.25, 0.3) is 0 Å². The van der Waals surface area contributed by atoms with Crippen LogP contribution in [0.5, 0.6) is 0 Å². The van der Waals surface area contributed by atoms with Gasteiger partial charge in [0.15, 0.2) is 0 Å². The topological polar surface area (TPSA) is 72.5 Å². The lowest BCUT2D eigenvalue weighted by Crippen LogP contribution is -2.17. The van der Waals surface area contributed by atoms with Crippen molar-refractivity contribution in [3.8, 4) is 0 Å². The van der Waals surface area contributed by atoms with Gasteiger partial charge in [0.05, 0.1) is 12.9 Å². The molecular weight excluding hydrogens is 266 g/mol. The van der Waals surface area contributed by atoms with Gasteiger partial charge in [-0.1, -0.05) is 6.07 Å². The molecule has 5 nitrogen and oxygen atoms in total. The van der Waals surface area contributed by atoms with Crippen LogP contribution in [0.1, 0.15) is 24.0 Å². The number of sulfonamides is 1. The van der Waals surface area contributed by atoms with Gasteiger partial charge in [0.2, 0.25) is 10.0 Å². The van der Waals surface area contributed by atoms with Crippen LogP contribution >= 0.6 is 0 Å². The lowest BCUT2D eigenvalue weighted by atomic mass is 10.1. The van der Waals surface area contributed by atoms with E-state index in [4.69, 9.17) is 0 Å². The number of methoxy groups -OCH3 is 1. The van der Waals surface area contributed by atoms with E-state index in [0.717, 1.165) is 11.1 Å². The number of carbonyl (C=O) groups is 1. The third kappa shape index (κ3) is 5.74. The maximum Gasteiger partial charge on any atom is 0.305 e. The van der Waals surface area contributed by atoms with Crippen LogP contribution in [0.3, 0.4) is 0 Å². The summed E-state index contributed by atoms with van der Waals surface area (Å²) in [7, 11) is -2.15. The largest absolute Gasteiger partial charge is 0.469 e. The zero-order chi connectivity index (χ0) is 14.5. The van der Waals surface area contributed by atoms with E-state index in [1.807, 2.05) is 19.9 Å². The van der Waals surface area contributed by atoms with Crippen molar-refractivity contribution in [1.82, 2.24) is 0 Å². The first kappa shape index (κ1) is 15.5. The molecule has 0 atom stereocenters. The van der Waals surface area contributed by atoms with Crippen LogP contribution in [0.2, 0.25) is 0 Å². The maximum absolute atomic E-state index is 11.8. The summed E-state index contributed by atoms with van der Waals surface area (Å²) in [6.07, 6.45) is 0.344. The summed E-state index contributed by atoms with van der Waals surface area (Å²) in [6.45, 7) is 3.81. The molecule has 0 unspecified atom stereocenters. The van der Waals surface area contributed by atoms with Crippen molar-refractivity contribution < 1.29 is 17.9 Å². The molecule has 1 rings (SSSR count). The van der Waals surface area contributed by atoms with Crippen molar-refractivity contribution in [3.63, 3.8) is 0 Å². The van der Waals surface area contributed by atoms with Gasteiger partial charge < -0.3 is 4.74 Å². The number of hydrogen-bond acceptors (Lipinski definition) is 4. The molecule has 0 aliphatic heterocycles. The Bertz CT molecular complexity index is 532. The predicted molar refractivity (Wildman–Crippen MR) is 74.6 cm³/mol. The lowest BCUT2D eigenvalue weighted by molar-refractivity contribution is -0.140. The Morgan fingerprint density at radius 3 is 2.32 bits per heavy atom. The van der Waals surface area contributed by atoms with Gasteiger partial charge in [-0.3, -0.25) is 9.52 Å². The van der Waals surface area contributed by atoms with Crippen molar-refractivity contribution in [2.45, 2.75) is 26.7 Å². The maximum atomic E-state index is 11.8. The normalized spacial score (nSPS) is 11.1. The number of esters is 1. The molecular formula is C13H19NO4S. The van der Waals surface area contributed by atoms with Gasteiger partial charge in [-0.05, 0) is 43.5 Å². The zero-order valence-corrected chi connectivity index (χ0v) is 12.2. The first-order valence-electron chi connectivity index (χ1n) is 5.98. The first-order chi connectivity index (χ1) is 8.82. The Labute approximate surface area is 114 Å². The first-order valence-corrected chi connectivity index (χ1v) is 7.63. The van der Waals surface area contributed by atoms with E-state index in [0.29, 0.717) is 5.69 Å². The number of ether oxygens (including phenoxy) is 1. The van der Waals surface area contributed by atoms with Crippen molar-refractivity contribution in [2.75, 3.05) is 17.6 Å². The molecule has 0 fully saturated rings. The summed E-state index contributed by atoms with van der Waals surface area (Å²) in [6, 6.07) is 5.50. The fourth-order valence-corrected chi connectivity index (χ4v) is 2.88. The van der Waals surface area contributed by atoms with Gasteiger partial charge in [0.1, 0.15) is 0 Å². The fraction of sp³-hybridized carbons (Fsp3) is 0.462. The predicted octanol–water partition coefficient (Wildman–Crippen LogP) is 2.00. The molecule has 0 bridgehead atoms. The average molecular weight is 285 g/mol. The molecule has 0 aliphatic rings. The SMILES string of the molecule is COC(=O)CCCS(=O)(=O)Nc1cc(C)cc(C)c1. The van der Waals surface area contributed by atoms with Crippen LogP contribution in [0, 0.1) is 13.8 Å². The summed E-state index contributed by atoms with van der Waals surface area (Å²) in [5, 5.41) is 0. The minimum atomic E-state index is -3.43. The molecule has 0 saturated carbocycles. The highest BCUT2D eigenvalue weighted by Gasteiger charge is 2.12. The minimum absolute atomic E-state index is 0.101. The molecule has 1 N–H and O–H groups in total. The van der Waals surface area contributed by atoms with E-state index in [-0.39, 0.29) is 18.6 Å². The zero-order valence-electron chi connectivity index (χ0n) is 11.4. The summed E-state index contributed by atoms with van der Waals surface area (Å²) < 4.78 is 30.6. The highest BCUT2D eigenvalue weighted by molar-refractivity contribution is 7.92. The number of rotatable bonds is 6. The van der Waals surface area contributed by atoms with E-state index < -0.39 is 16.0 Å². The Morgan fingerprint density at radius 2 is 1.79 bits per heavy atom. The Balaban J connectivity index is 2.61. The molecule has 0 amide bonds. The van der Waals surface area contributed by atoms with Crippen molar-refractivity contribution >= 4 is 21.7 Å². The summed E-state index contributed by atoms with van der Waals surface area (Å²) >= 11 is 0. The van der Waals surface area contributed by atoms with Crippen molar-refractivity contribution in [2.24, 2.45) is 0 Å². The molecule has 1 aromatic carbocycles. The Kier molecular flexibility index (Phi) is 5.35. The van der Waals surface area contributed by atoms with E-state index in [2.05, 4.69) is 9.46 Å². The smallest absolute Gasteiger partial charge is 0.305 e. The van der Waals surface area contributed by atoms with Gasteiger partial charge in [0.25, 0.3) is 0 Å². The lowest BCUT2D eigenvalue weighted by Gasteiger charge is -2.09. The van der Waals surface area contributed by atoms with Crippen LogP contribution < -0.4 is 4.72 Å². The second kappa shape index (κ2) is 6.56. The monoisotopic (exact) mass is 285 g/mol. The fourth-order valence-electron chi connectivity index (χ4n) is 1.77. The van der Waals surface area contributed by atoms with Gasteiger partial charge in [-0.15, -0.1) is 0 Å². The Morgan fingerprint density at radius 1 is 1.21 bits per heavy atom. The molecule has 0 saturated heterocycles. The summed E-state index contributed by atoms with van der Waals surface area (Å²) in [5.74, 6) is -0.503. The number of anilines is 1. The molecule has 0 heterocycles. The van der Waals surface area contributed by atoms with E-state index in [9.17, 15) is 13.2 Å². The second-order valence-electron chi connectivity index (χ2n) is 4.48. The van der Waals surface area contributed by atoms with Crippen LogP contribution in [0.4, 0.5) is 5.69 Å². The molecule has 1 aromatic rings. The molecule has 0 aliphatic carbocycles. The number of benzene rings is 1. The van der Waals surface area contributed by atoms with Gasteiger partial charge >= 0.3 is 5.97 Å².